The van der Waals surface area contributed by atoms with E-state index in [0.717, 1.165) is 167 Å². The zero-order chi connectivity index (χ0) is 95.8. The van der Waals surface area contributed by atoms with E-state index in [2.05, 4.69) is 451 Å². The van der Waals surface area contributed by atoms with Gasteiger partial charge >= 0.3 is 0 Å². The maximum Gasteiger partial charge on any atom is 0.238 e. The van der Waals surface area contributed by atoms with Gasteiger partial charge in [0.2, 0.25) is 5.95 Å². The van der Waals surface area contributed by atoms with Gasteiger partial charge in [-0.2, -0.15) is 9.97 Å². The first-order chi connectivity index (χ1) is 72.0. The standard InChI is InChI=1S/C46H31N5.C44H28N6.C41H27N3/c1-3-13-33(14-4-1)49(34-15-5-2-6-16-34)35-23-25-36(26-24-35)50-42-19-9-8-18-38(42)41-31-47-30-40(46(41)50)32-22-27-39-37-17-7-10-20-43(37)51(44(39)29-32)45-21-11-12-28-48-45;1-4-14-29(15-5-1)42-46-43(30-16-6-2-7-17-30)48-44(47-42)50-36-22-12-10-20-33(36)34-25-24-31(28-39(34)50)41-40-35-21-11-13-23-37(35)49(38(40)26-27-45-41)32-18-8-3-9-19-32;1-3-11-28(12-4-1)29-19-22-32(23-20-29)44-36-17-9-7-15-33(36)34-24-21-30(27-39(34)44)41-40-35-16-8-10-18-37(35)43(38(40)25-26-42-41)31-13-5-2-6-14-31/h1-31H;1-28H;1-27H. The fraction of sp³-hybridized carbons (Fsp3) is 0. The average Bonchev–Trinajstić information content (AvgIpc) is 1.57. The predicted molar refractivity (Wildman–Crippen MR) is 597 cm³/mol. The minimum Gasteiger partial charge on any atom is -0.311 e. The SMILES string of the molecule is c1ccc(-c2ccc(-n3c4ccccc4c4ccc(-c5nccc6c5c5ccccc5n6-c5ccccc5)cc43)cc2)cc1.c1ccc(-c2nc(-c3ccccc3)nc(-n3c4ccccc4c4ccc(-c5nccc6c5c5ccccc5n6-c5ccccc5)cc43)n2)cc1.c1ccc(N(c2ccccc2)c2ccc(-n3c4ccccc4c4cncc(-c5ccc6c7ccccc7n(-c7ccccn7)c6c5)c43)cc2)cc1. The number of pyridine rings is 4. The van der Waals surface area contributed by atoms with E-state index in [1.54, 1.807) is 0 Å². The summed E-state index contributed by atoms with van der Waals surface area (Å²) in [5, 5.41) is 14.1. The van der Waals surface area contributed by atoms with E-state index >= 15 is 0 Å². The molecule has 0 aliphatic carbocycles. The van der Waals surface area contributed by atoms with Crippen molar-refractivity contribution in [2.24, 2.45) is 0 Å². The molecule has 0 N–H and O–H groups in total. The summed E-state index contributed by atoms with van der Waals surface area (Å²) in [6, 6.07) is 173. The largest absolute Gasteiger partial charge is 0.311 e. The van der Waals surface area contributed by atoms with Crippen LogP contribution in [-0.4, -0.2) is 62.3 Å². The molecule has 14 heteroatoms. The van der Waals surface area contributed by atoms with Crippen molar-refractivity contribution in [2.75, 3.05) is 4.90 Å². The molecular formula is C131H86N14. The van der Waals surface area contributed by atoms with Crippen LogP contribution in [0.25, 0.3) is 233 Å². The summed E-state index contributed by atoms with van der Waals surface area (Å²) in [6.07, 6.45) is 9.72. The highest BCUT2D eigenvalue weighted by molar-refractivity contribution is 6.20. The Labute approximate surface area is 833 Å². The fourth-order valence-electron chi connectivity index (χ4n) is 21.6. The number of benzene rings is 18. The van der Waals surface area contributed by atoms with E-state index in [-0.39, 0.29) is 0 Å². The molecule has 145 heavy (non-hydrogen) atoms. The summed E-state index contributed by atoms with van der Waals surface area (Å²) in [5.74, 6) is 2.70. The third kappa shape index (κ3) is 14.7. The molecule has 0 aliphatic heterocycles. The number of para-hydroxylation sites is 10. The Balaban J connectivity index is 0.000000108. The van der Waals surface area contributed by atoms with Gasteiger partial charge in [0.05, 0.1) is 77.6 Å². The Hall–Kier alpha value is -19.8. The zero-order valence-electron chi connectivity index (χ0n) is 78.4. The number of rotatable bonds is 15. The summed E-state index contributed by atoms with van der Waals surface area (Å²) in [4.78, 5) is 37.1. The van der Waals surface area contributed by atoms with E-state index in [4.69, 9.17) is 34.9 Å². The Bertz CT molecular complexity index is 9880. The van der Waals surface area contributed by atoms with Crippen LogP contribution in [0.4, 0.5) is 17.1 Å². The van der Waals surface area contributed by atoms with Crippen molar-refractivity contribution in [1.29, 1.82) is 0 Å². The highest BCUT2D eigenvalue weighted by atomic mass is 15.2. The summed E-state index contributed by atoms with van der Waals surface area (Å²) >= 11 is 0. The first-order valence-corrected chi connectivity index (χ1v) is 48.8. The number of aromatic nitrogens is 13. The number of hydrogen-bond donors (Lipinski definition) is 0. The Morgan fingerprint density at radius 1 is 0.186 bits per heavy atom. The molecule has 0 spiro atoms. The van der Waals surface area contributed by atoms with Crippen molar-refractivity contribution in [2.45, 2.75) is 0 Å². The van der Waals surface area contributed by atoms with Gasteiger partial charge < -0.3 is 23.2 Å². The molecule has 11 heterocycles. The smallest absolute Gasteiger partial charge is 0.238 e. The van der Waals surface area contributed by atoms with Crippen LogP contribution in [0.15, 0.2) is 522 Å². The summed E-state index contributed by atoms with van der Waals surface area (Å²) in [5.41, 5.74) is 31.8. The molecule has 11 aromatic heterocycles. The number of fused-ring (bicyclic) bond motifs is 18. The molecule has 29 rings (SSSR count). The van der Waals surface area contributed by atoms with Crippen LogP contribution in [0.1, 0.15) is 0 Å². The van der Waals surface area contributed by atoms with Crippen molar-refractivity contribution in [3.63, 3.8) is 0 Å². The normalized spacial score (nSPS) is 11.6. The first-order valence-electron chi connectivity index (χ1n) is 48.8. The third-order valence-electron chi connectivity index (χ3n) is 28.0. The molecule has 0 unspecified atom stereocenters. The summed E-state index contributed by atoms with van der Waals surface area (Å²) < 4.78 is 13.9. The van der Waals surface area contributed by atoms with Crippen molar-refractivity contribution in [3.05, 3.63) is 522 Å². The lowest BCUT2D eigenvalue weighted by molar-refractivity contribution is 0.953. The molecule has 0 atom stereocenters. The molecule has 14 nitrogen and oxygen atoms in total. The van der Waals surface area contributed by atoms with E-state index in [0.29, 0.717) is 17.6 Å². The average molecular weight is 1860 g/mol. The van der Waals surface area contributed by atoms with Gasteiger partial charge in [-0.1, -0.05) is 328 Å². The van der Waals surface area contributed by atoms with E-state index in [9.17, 15) is 0 Å². The second-order valence-electron chi connectivity index (χ2n) is 36.3. The van der Waals surface area contributed by atoms with E-state index in [1.165, 1.54) is 65.4 Å². The van der Waals surface area contributed by atoms with Crippen molar-refractivity contribution in [1.82, 2.24) is 62.3 Å². The zero-order valence-corrected chi connectivity index (χ0v) is 78.4. The highest BCUT2D eigenvalue weighted by Crippen LogP contribution is 2.47. The second-order valence-corrected chi connectivity index (χ2v) is 36.3. The third-order valence-corrected chi connectivity index (χ3v) is 28.0. The van der Waals surface area contributed by atoms with Crippen LogP contribution in [0.5, 0.6) is 0 Å². The lowest BCUT2D eigenvalue weighted by Crippen LogP contribution is -2.09. The van der Waals surface area contributed by atoms with Crippen LogP contribution in [0.3, 0.4) is 0 Å². The summed E-state index contributed by atoms with van der Waals surface area (Å²) in [6.45, 7) is 0. The lowest BCUT2D eigenvalue weighted by Gasteiger charge is -2.25. The first kappa shape index (κ1) is 84.5. The minimum absolute atomic E-state index is 0.563. The van der Waals surface area contributed by atoms with Crippen molar-refractivity contribution >= 4 is 148 Å². The molecule has 0 saturated carbocycles. The monoisotopic (exact) mass is 1850 g/mol. The van der Waals surface area contributed by atoms with Gasteiger partial charge in [-0.25, -0.2) is 9.97 Å². The number of hydrogen-bond acceptors (Lipinski definition) is 8. The van der Waals surface area contributed by atoms with Gasteiger partial charge in [0.15, 0.2) is 11.6 Å². The fourth-order valence-corrected chi connectivity index (χ4v) is 21.6. The number of anilines is 3. The Morgan fingerprint density at radius 2 is 0.517 bits per heavy atom. The Morgan fingerprint density at radius 3 is 1.00 bits per heavy atom. The van der Waals surface area contributed by atoms with E-state index < -0.39 is 0 Å². The Kier molecular flexibility index (Phi) is 20.9. The molecule has 0 radical (unpaired) electrons. The minimum atomic E-state index is 0.563. The topological polar surface area (TPSA) is 123 Å². The molecule has 680 valence electrons. The van der Waals surface area contributed by atoms with Crippen LogP contribution >= 0.6 is 0 Å². The number of nitrogens with zero attached hydrogens (tertiary/aromatic N) is 14. The van der Waals surface area contributed by atoms with Crippen LogP contribution in [0, 0.1) is 0 Å². The highest BCUT2D eigenvalue weighted by Gasteiger charge is 2.27. The maximum absolute atomic E-state index is 5.12. The molecule has 0 saturated heterocycles. The van der Waals surface area contributed by atoms with Crippen LogP contribution in [-0.2, 0) is 0 Å². The lowest BCUT2D eigenvalue weighted by atomic mass is 10.0. The molecule has 0 bridgehead atoms. The van der Waals surface area contributed by atoms with Gasteiger partial charge in [-0.05, 0) is 180 Å². The van der Waals surface area contributed by atoms with Crippen molar-refractivity contribution < 1.29 is 0 Å². The quantitative estimate of drug-likeness (QED) is 0.0994. The molecule has 0 fully saturated rings. The summed E-state index contributed by atoms with van der Waals surface area (Å²) in [7, 11) is 0. The molecule has 0 amide bonds. The molecular weight excluding hydrogens is 1770 g/mol. The van der Waals surface area contributed by atoms with Crippen LogP contribution in [0.2, 0.25) is 0 Å². The second kappa shape index (κ2) is 35.9. The predicted octanol–water partition coefficient (Wildman–Crippen LogP) is 32.9. The van der Waals surface area contributed by atoms with Crippen LogP contribution < -0.4 is 4.90 Å². The van der Waals surface area contributed by atoms with Crippen molar-refractivity contribution in [3.8, 4) is 102 Å². The van der Waals surface area contributed by atoms with Gasteiger partial charge in [0.1, 0.15) is 5.82 Å². The molecule has 18 aromatic carbocycles. The van der Waals surface area contributed by atoms with Gasteiger partial charge in [0.25, 0.3) is 0 Å². The maximum atomic E-state index is 5.12. The molecule has 0 aliphatic rings. The molecule has 29 aromatic rings. The van der Waals surface area contributed by atoms with Gasteiger partial charge in [-0.3, -0.25) is 24.1 Å². The van der Waals surface area contributed by atoms with Gasteiger partial charge in [0, 0.05) is 163 Å². The van der Waals surface area contributed by atoms with E-state index in [1.807, 2.05) is 104 Å². The van der Waals surface area contributed by atoms with Gasteiger partial charge in [-0.15, -0.1) is 0 Å².